The summed E-state index contributed by atoms with van der Waals surface area (Å²) in [5.41, 5.74) is -1.26. The number of para-hydroxylation sites is 1. The zero-order chi connectivity index (χ0) is 17.7. The van der Waals surface area contributed by atoms with Gasteiger partial charge >= 0.3 is 11.9 Å². The highest BCUT2D eigenvalue weighted by molar-refractivity contribution is 8.01. The van der Waals surface area contributed by atoms with E-state index in [2.05, 4.69) is 10.3 Å². The predicted molar refractivity (Wildman–Crippen MR) is 91.3 cm³/mol. The highest BCUT2D eigenvalue weighted by atomic mass is 32.2. The fraction of sp³-hybridized carbons (Fsp3) is 0.333. The Balaban J connectivity index is 2.27. The summed E-state index contributed by atoms with van der Waals surface area (Å²) in [6.45, 7) is 1.87. The molecule has 7 nitrogen and oxygen atoms in total. The number of benzene rings is 1. The van der Waals surface area contributed by atoms with E-state index in [-0.39, 0.29) is 12.3 Å². The van der Waals surface area contributed by atoms with Crippen LogP contribution in [0.3, 0.4) is 0 Å². The minimum Gasteiger partial charge on any atom is -0.481 e. The van der Waals surface area contributed by atoms with Gasteiger partial charge in [-0.05, 0) is 19.1 Å². The Morgan fingerprint density at radius 2 is 2.00 bits per heavy atom. The average molecular weight is 368 g/mol. The summed E-state index contributed by atoms with van der Waals surface area (Å²) < 4.78 is 1.54. The van der Waals surface area contributed by atoms with E-state index in [4.69, 9.17) is 5.11 Å². The summed E-state index contributed by atoms with van der Waals surface area (Å²) in [6.07, 6.45) is -0.786. The van der Waals surface area contributed by atoms with Crippen molar-refractivity contribution in [1.82, 2.24) is 10.3 Å². The maximum atomic E-state index is 12.2. The molecule has 0 fully saturated rings. The van der Waals surface area contributed by atoms with Crippen LogP contribution in [0.25, 0.3) is 10.2 Å². The molecule has 1 aromatic heterocycles. The number of fused-ring (bicyclic) bond motifs is 1. The van der Waals surface area contributed by atoms with Gasteiger partial charge in [0.2, 0.25) is 5.91 Å². The number of aromatic nitrogens is 1. The number of rotatable bonds is 8. The van der Waals surface area contributed by atoms with Crippen LogP contribution in [0.4, 0.5) is 0 Å². The summed E-state index contributed by atoms with van der Waals surface area (Å²) in [4.78, 5) is 39.4. The van der Waals surface area contributed by atoms with Gasteiger partial charge in [-0.3, -0.25) is 14.4 Å². The summed E-state index contributed by atoms with van der Waals surface area (Å²) in [7, 11) is 0. The van der Waals surface area contributed by atoms with E-state index < -0.39 is 29.7 Å². The van der Waals surface area contributed by atoms with Crippen molar-refractivity contribution in [1.29, 1.82) is 0 Å². The minimum atomic E-state index is -2.04. The lowest BCUT2D eigenvalue weighted by Crippen LogP contribution is -2.49. The van der Waals surface area contributed by atoms with Crippen LogP contribution in [0.1, 0.15) is 13.3 Å². The van der Waals surface area contributed by atoms with E-state index >= 15 is 0 Å². The monoisotopic (exact) mass is 368 g/mol. The number of hydrogen-bond acceptors (Lipinski definition) is 6. The molecular formula is C15H16N2O5S2. The van der Waals surface area contributed by atoms with E-state index in [0.717, 1.165) is 22.0 Å². The number of hydrogen-bond donors (Lipinski definition) is 3. The standard InChI is InChI=1S/C15H16N2O5S2/c1-2-16-12(20)15(13(21)22,7-11(18)19)8-23-14-17-9-5-3-4-6-10(9)24-14/h3-6H,2,7-8H2,1H3,(H,16,20)(H,18,19)(H,21,22). The predicted octanol–water partition coefficient (Wildman–Crippen LogP) is 2.07. The van der Waals surface area contributed by atoms with Gasteiger partial charge in [0.1, 0.15) is 0 Å². The van der Waals surface area contributed by atoms with E-state index in [1.54, 1.807) is 6.92 Å². The fourth-order valence-corrected chi connectivity index (χ4v) is 4.39. The minimum absolute atomic E-state index is 0.208. The molecule has 3 N–H and O–H groups in total. The Morgan fingerprint density at radius 3 is 2.58 bits per heavy atom. The molecule has 9 heteroatoms. The summed E-state index contributed by atoms with van der Waals surface area (Å²) >= 11 is 2.45. The van der Waals surface area contributed by atoms with E-state index in [9.17, 15) is 19.5 Å². The zero-order valence-electron chi connectivity index (χ0n) is 12.8. The quantitative estimate of drug-likeness (QED) is 0.482. The average Bonchev–Trinajstić information content (AvgIpc) is 2.93. The second kappa shape index (κ2) is 7.63. The largest absolute Gasteiger partial charge is 0.481 e. The maximum absolute atomic E-state index is 12.2. The number of carboxylic acid groups (broad SMARTS) is 2. The third-order valence-corrected chi connectivity index (χ3v) is 5.76. The molecule has 1 heterocycles. The number of thiazole rings is 1. The van der Waals surface area contributed by atoms with E-state index in [1.165, 1.54) is 11.3 Å². The molecule has 0 aliphatic rings. The lowest BCUT2D eigenvalue weighted by atomic mass is 9.85. The molecular weight excluding hydrogens is 352 g/mol. The van der Waals surface area contributed by atoms with Crippen LogP contribution in [-0.2, 0) is 14.4 Å². The molecule has 1 amide bonds. The van der Waals surface area contributed by atoms with Crippen molar-refractivity contribution in [2.75, 3.05) is 12.3 Å². The summed E-state index contributed by atoms with van der Waals surface area (Å²) in [5.74, 6) is -3.80. The zero-order valence-corrected chi connectivity index (χ0v) is 14.4. The molecule has 0 spiro atoms. The van der Waals surface area contributed by atoms with Crippen LogP contribution in [0.15, 0.2) is 28.6 Å². The molecule has 2 rings (SSSR count). The van der Waals surface area contributed by atoms with E-state index in [1.807, 2.05) is 24.3 Å². The Kier molecular flexibility index (Phi) is 5.79. The van der Waals surface area contributed by atoms with Crippen molar-refractivity contribution in [2.45, 2.75) is 17.7 Å². The fourth-order valence-electron chi connectivity index (χ4n) is 2.12. The number of carbonyl (C=O) groups is 3. The number of carboxylic acids is 2. The Bertz CT molecular complexity index is 743. The third-order valence-electron chi connectivity index (χ3n) is 3.35. The highest BCUT2D eigenvalue weighted by Gasteiger charge is 2.48. The topological polar surface area (TPSA) is 117 Å². The molecule has 0 saturated carbocycles. The Morgan fingerprint density at radius 1 is 1.29 bits per heavy atom. The van der Waals surface area contributed by atoms with Gasteiger partial charge in [-0.2, -0.15) is 0 Å². The number of carbonyl (C=O) groups excluding carboxylic acids is 1. The van der Waals surface area contributed by atoms with Gasteiger partial charge in [-0.1, -0.05) is 23.9 Å². The Labute approximate surface area is 146 Å². The molecule has 0 radical (unpaired) electrons. The van der Waals surface area contributed by atoms with Gasteiger partial charge in [0, 0.05) is 12.3 Å². The SMILES string of the molecule is CCNC(=O)C(CSc1nc2ccccc2s1)(CC(=O)O)C(=O)O. The van der Waals surface area contributed by atoms with Gasteiger partial charge in [0.25, 0.3) is 0 Å². The van der Waals surface area contributed by atoms with Gasteiger partial charge in [-0.15, -0.1) is 11.3 Å². The summed E-state index contributed by atoms with van der Waals surface area (Å²) in [6, 6.07) is 7.44. The first-order valence-electron chi connectivity index (χ1n) is 7.11. The highest BCUT2D eigenvalue weighted by Crippen LogP contribution is 2.36. The lowest BCUT2D eigenvalue weighted by Gasteiger charge is -2.25. The Hall–Kier alpha value is -2.13. The van der Waals surface area contributed by atoms with Gasteiger partial charge < -0.3 is 15.5 Å². The van der Waals surface area contributed by atoms with Gasteiger partial charge in [-0.25, -0.2) is 4.98 Å². The maximum Gasteiger partial charge on any atom is 0.320 e. The van der Waals surface area contributed by atoms with Gasteiger partial charge in [0.15, 0.2) is 9.75 Å². The normalized spacial score (nSPS) is 13.4. The van der Waals surface area contributed by atoms with Crippen molar-refractivity contribution < 1.29 is 24.6 Å². The van der Waals surface area contributed by atoms with Crippen molar-refractivity contribution in [3.05, 3.63) is 24.3 Å². The van der Waals surface area contributed by atoms with Gasteiger partial charge in [0.05, 0.1) is 16.6 Å². The molecule has 1 atom stereocenters. The molecule has 0 bridgehead atoms. The number of amides is 1. The van der Waals surface area contributed by atoms with Crippen LogP contribution in [-0.4, -0.2) is 45.3 Å². The summed E-state index contributed by atoms with van der Waals surface area (Å²) in [5, 5.41) is 21.0. The molecule has 0 aliphatic carbocycles. The first-order chi connectivity index (χ1) is 11.4. The number of thioether (sulfide) groups is 1. The van der Waals surface area contributed by atoms with Crippen LogP contribution >= 0.6 is 23.1 Å². The molecule has 1 aromatic carbocycles. The number of nitrogens with zero attached hydrogens (tertiary/aromatic N) is 1. The second-order valence-electron chi connectivity index (χ2n) is 5.05. The second-order valence-corrected chi connectivity index (χ2v) is 7.31. The molecule has 0 saturated heterocycles. The first-order valence-corrected chi connectivity index (χ1v) is 8.91. The van der Waals surface area contributed by atoms with Crippen molar-refractivity contribution in [2.24, 2.45) is 5.41 Å². The van der Waals surface area contributed by atoms with Crippen LogP contribution in [0, 0.1) is 5.41 Å². The molecule has 24 heavy (non-hydrogen) atoms. The van der Waals surface area contributed by atoms with Crippen LogP contribution in [0.2, 0.25) is 0 Å². The molecule has 1 unspecified atom stereocenters. The smallest absolute Gasteiger partial charge is 0.320 e. The number of aliphatic carboxylic acids is 2. The van der Waals surface area contributed by atoms with Crippen molar-refractivity contribution >= 4 is 51.2 Å². The van der Waals surface area contributed by atoms with Crippen molar-refractivity contribution in [3.8, 4) is 0 Å². The number of nitrogens with one attached hydrogen (secondary N) is 1. The van der Waals surface area contributed by atoms with E-state index in [0.29, 0.717) is 4.34 Å². The molecule has 128 valence electrons. The third kappa shape index (κ3) is 3.85. The van der Waals surface area contributed by atoms with Crippen molar-refractivity contribution in [3.63, 3.8) is 0 Å². The molecule has 2 aromatic rings. The van der Waals surface area contributed by atoms with Crippen LogP contribution in [0.5, 0.6) is 0 Å². The first kappa shape index (κ1) is 18.2. The lowest BCUT2D eigenvalue weighted by molar-refractivity contribution is -0.160. The molecule has 0 aliphatic heterocycles. The van der Waals surface area contributed by atoms with Crippen LogP contribution < -0.4 is 5.32 Å².